The molecule has 3 heteroatoms. The molecule has 0 unspecified atom stereocenters. The van der Waals surface area contributed by atoms with Crippen LogP contribution in [-0.4, -0.2) is 11.9 Å². The second-order valence-corrected chi connectivity index (χ2v) is 4.94. The lowest BCUT2D eigenvalue weighted by Crippen LogP contribution is -1.98. The summed E-state index contributed by atoms with van der Waals surface area (Å²) >= 11 is 0. The minimum absolute atomic E-state index is 0.345. The van der Waals surface area contributed by atoms with Gasteiger partial charge in [-0.15, -0.1) is 0 Å². The first-order valence-electron chi connectivity index (χ1n) is 6.63. The van der Waals surface area contributed by atoms with Crippen LogP contribution in [0, 0.1) is 0 Å². The number of rotatable bonds is 1. The number of carbonyl (C=O) groups excluding carboxylic acids is 2. The van der Waals surface area contributed by atoms with Crippen molar-refractivity contribution in [1.82, 2.24) is 0 Å². The zero-order valence-electron chi connectivity index (χ0n) is 11.0. The summed E-state index contributed by atoms with van der Waals surface area (Å²) in [5.41, 5.74) is 2.37. The van der Waals surface area contributed by atoms with Gasteiger partial charge in [0.2, 0.25) is 0 Å². The molecule has 4 rings (SSSR count). The second kappa shape index (κ2) is 4.28. The number of esters is 2. The number of carbonyl (C=O) groups is 2. The third kappa shape index (κ3) is 1.68. The Balaban J connectivity index is 2.20. The zero-order chi connectivity index (χ0) is 14.4. The molecule has 0 N–H and O–H groups in total. The fraction of sp³-hybridized carbons (Fsp3) is 0. The molecule has 0 spiro atoms. The van der Waals surface area contributed by atoms with Crippen molar-refractivity contribution in [1.29, 1.82) is 0 Å². The highest BCUT2D eigenvalue weighted by Gasteiger charge is 2.33. The third-order valence-corrected chi connectivity index (χ3v) is 3.72. The van der Waals surface area contributed by atoms with Crippen molar-refractivity contribution in [3.8, 4) is 11.1 Å². The number of cyclic esters (lactones) is 2. The lowest BCUT2D eigenvalue weighted by atomic mass is 9.90. The van der Waals surface area contributed by atoms with Crippen molar-refractivity contribution in [3.05, 3.63) is 71.8 Å². The Labute approximate surface area is 120 Å². The molecule has 1 heterocycles. The van der Waals surface area contributed by atoms with Crippen LogP contribution in [-0.2, 0) is 4.74 Å². The molecule has 0 saturated carbocycles. The van der Waals surface area contributed by atoms with Crippen LogP contribution < -0.4 is 0 Å². The van der Waals surface area contributed by atoms with Crippen molar-refractivity contribution in [2.45, 2.75) is 0 Å². The molecule has 0 saturated heterocycles. The lowest BCUT2D eigenvalue weighted by molar-refractivity contribution is 0.0444. The van der Waals surface area contributed by atoms with E-state index in [-0.39, 0.29) is 0 Å². The Morgan fingerprint density at radius 3 is 2.24 bits per heavy atom. The van der Waals surface area contributed by atoms with Gasteiger partial charge in [-0.05, 0) is 22.4 Å². The molecule has 1 aliphatic heterocycles. The monoisotopic (exact) mass is 274 g/mol. The second-order valence-electron chi connectivity index (χ2n) is 4.94. The van der Waals surface area contributed by atoms with Gasteiger partial charge in [0.15, 0.2) is 0 Å². The summed E-state index contributed by atoms with van der Waals surface area (Å²) < 4.78 is 4.79. The fourth-order valence-corrected chi connectivity index (χ4v) is 2.82. The molecule has 0 amide bonds. The Hall–Kier alpha value is -2.94. The maximum Gasteiger partial charge on any atom is 0.347 e. The predicted molar refractivity (Wildman–Crippen MR) is 79.1 cm³/mol. The molecular weight excluding hydrogens is 264 g/mol. The molecule has 1 aliphatic rings. The van der Waals surface area contributed by atoms with Crippen LogP contribution in [0.5, 0.6) is 0 Å². The molecule has 21 heavy (non-hydrogen) atoms. The first kappa shape index (κ1) is 11.9. The van der Waals surface area contributed by atoms with Crippen molar-refractivity contribution in [3.63, 3.8) is 0 Å². The summed E-state index contributed by atoms with van der Waals surface area (Å²) in [5, 5.41) is 1.86. The van der Waals surface area contributed by atoms with E-state index in [0.717, 1.165) is 21.9 Å². The highest BCUT2D eigenvalue weighted by atomic mass is 16.6. The van der Waals surface area contributed by atoms with Gasteiger partial charge in [-0.25, -0.2) is 9.59 Å². The Morgan fingerprint density at radius 1 is 0.714 bits per heavy atom. The van der Waals surface area contributed by atoms with Gasteiger partial charge in [-0.3, -0.25) is 0 Å². The molecule has 0 fully saturated rings. The van der Waals surface area contributed by atoms with E-state index in [4.69, 9.17) is 4.74 Å². The average Bonchev–Trinajstić information content (AvgIpc) is 2.80. The standard InChI is InChI=1S/C18H10O3/c19-17-14-10-12-8-4-5-9-13(12)15(16(14)18(20)21-17)11-6-2-1-3-7-11/h1-10H. The summed E-state index contributed by atoms with van der Waals surface area (Å²) in [4.78, 5) is 23.9. The van der Waals surface area contributed by atoms with Gasteiger partial charge in [-0.1, -0.05) is 54.6 Å². The minimum atomic E-state index is -0.571. The van der Waals surface area contributed by atoms with Gasteiger partial charge < -0.3 is 4.74 Å². The van der Waals surface area contributed by atoms with Crippen molar-refractivity contribution < 1.29 is 14.3 Å². The van der Waals surface area contributed by atoms with Crippen molar-refractivity contribution in [2.24, 2.45) is 0 Å². The van der Waals surface area contributed by atoms with E-state index in [1.165, 1.54) is 0 Å². The predicted octanol–water partition coefficient (Wildman–Crippen LogP) is 3.82. The first-order valence-corrected chi connectivity index (χ1v) is 6.63. The van der Waals surface area contributed by atoms with Gasteiger partial charge in [0.25, 0.3) is 0 Å². The number of ether oxygens (including phenoxy) is 1. The molecular formula is C18H10O3. The largest absolute Gasteiger partial charge is 0.386 e. The van der Waals surface area contributed by atoms with Gasteiger partial charge in [0.05, 0.1) is 11.1 Å². The maximum absolute atomic E-state index is 12.1. The summed E-state index contributed by atoms with van der Waals surface area (Å²) in [6.45, 7) is 0. The Morgan fingerprint density at radius 2 is 1.43 bits per heavy atom. The van der Waals surface area contributed by atoms with E-state index >= 15 is 0 Å². The van der Waals surface area contributed by atoms with Gasteiger partial charge in [0.1, 0.15) is 0 Å². The normalized spacial score (nSPS) is 13.3. The summed E-state index contributed by atoms with van der Waals surface area (Å²) in [6.07, 6.45) is 0. The molecule has 3 aromatic carbocycles. The summed E-state index contributed by atoms with van der Waals surface area (Å²) in [5.74, 6) is -1.14. The molecule has 3 nitrogen and oxygen atoms in total. The van der Waals surface area contributed by atoms with E-state index in [1.54, 1.807) is 6.07 Å². The topological polar surface area (TPSA) is 43.4 Å². The lowest BCUT2D eigenvalue weighted by Gasteiger charge is -2.10. The number of fused-ring (bicyclic) bond motifs is 2. The highest BCUT2D eigenvalue weighted by molar-refractivity contribution is 6.22. The number of hydrogen-bond donors (Lipinski definition) is 0. The van der Waals surface area contributed by atoms with Crippen molar-refractivity contribution in [2.75, 3.05) is 0 Å². The number of benzene rings is 3. The minimum Gasteiger partial charge on any atom is -0.386 e. The molecule has 3 aromatic rings. The van der Waals surface area contributed by atoms with Crippen LogP contribution >= 0.6 is 0 Å². The molecule has 0 aromatic heterocycles. The quantitative estimate of drug-likeness (QED) is 0.500. The first-order chi connectivity index (χ1) is 10.3. The van der Waals surface area contributed by atoms with Gasteiger partial charge >= 0.3 is 11.9 Å². The SMILES string of the molecule is O=C1OC(=O)c2c1cc1ccccc1c2-c1ccccc1. The van der Waals surface area contributed by atoms with Crippen LogP contribution in [0.2, 0.25) is 0 Å². The van der Waals surface area contributed by atoms with Crippen LogP contribution in [0.4, 0.5) is 0 Å². The van der Waals surface area contributed by atoms with Crippen LogP contribution in [0.3, 0.4) is 0 Å². The van der Waals surface area contributed by atoms with Gasteiger partial charge in [-0.2, -0.15) is 0 Å². The Kier molecular flexibility index (Phi) is 2.42. The molecule has 0 radical (unpaired) electrons. The molecule has 0 atom stereocenters. The number of hydrogen-bond acceptors (Lipinski definition) is 3. The van der Waals surface area contributed by atoms with E-state index in [0.29, 0.717) is 11.1 Å². The molecule has 100 valence electrons. The maximum atomic E-state index is 12.1. The van der Waals surface area contributed by atoms with Crippen LogP contribution in [0.1, 0.15) is 20.7 Å². The molecule has 0 bridgehead atoms. The van der Waals surface area contributed by atoms with Gasteiger partial charge in [0, 0.05) is 5.56 Å². The highest BCUT2D eigenvalue weighted by Crippen LogP contribution is 2.37. The zero-order valence-corrected chi connectivity index (χ0v) is 11.0. The van der Waals surface area contributed by atoms with E-state index in [2.05, 4.69) is 0 Å². The van der Waals surface area contributed by atoms with E-state index in [9.17, 15) is 9.59 Å². The average molecular weight is 274 g/mol. The van der Waals surface area contributed by atoms with Crippen LogP contribution in [0.25, 0.3) is 21.9 Å². The fourth-order valence-electron chi connectivity index (χ4n) is 2.82. The summed E-state index contributed by atoms with van der Waals surface area (Å²) in [7, 11) is 0. The third-order valence-electron chi connectivity index (χ3n) is 3.72. The Bertz CT molecular complexity index is 895. The smallest absolute Gasteiger partial charge is 0.347 e. The van der Waals surface area contributed by atoms with Crippen molar-refractivity contribution >= 4 is 22.7 Å². The molecule has 0 aliphatic carbocycles. The van der Waals surface area contributed by atoms with Crippen LogP contribution in [0.15, 0.2) is 60.7 Å². The van der Waals surface area contributed by atoms with E-state index in [1.807, 2.05) is 54.6 Å². The van der Waals surface area contributed by atoms with E-state index < -0.39 is 11.9 Å². The summed E-state index contributed by atoms with van der Waals surface area (Å²) in [6, 6.07) is 19.0.